The molecule has 5 nitrogen and oxygen atoms in total. The van der Waals surface area contributed by atoms with Gasteiger partial charge in [-0.05, 0) is 58.7 Å². The number of aryl methyl sites for hydroxylation is 1. The Balaban J connectivity index is 2.37. The zero-order chi connectivity index (χ0) is 15.6. The quantitative estimate of drug-likeness (QED) is 0.894. The summed E-state index contributed by atoms with van der Waals surface area (Å²) in [6.45, 7) is 1.95. The molecular weight excluding hydrogens is 358 g/mol. The lowest BCUT2D eigenvalue weighted by atomic mass is 10.2. The molecule has 2 aromatic rings. The van der Waals surface area contributed by atoms with Gasteiger partial charge in [-0.25, -0.2) is 13.6 Å². The van der Waals surface area contributed by atoms with E-state index in [4.69, 9.17) is 14.6 Å². The first-order chi connectivity index (χ1) is 9.81. The number of primary sulfonamides is 1. The van der Waals surface area contributed by atoms with Crippen molar-refractivity contribution in [1.29, 1.82) is 0 Å². The van der Waals surface area contributed by atoms with Gasteiger partial charge in [0.2, 0.25) is 10.0 Å². The van der Waals surface area contributed by atoms with Crippen molar-refractivity contribution in [3.8, 4) is 17.2 Å². The van der Waals surface area contributed by atoms with Crippen molar-refractivity contribution >= 4 is 26.0 Å². The number of ether oxygens (including phenoxy) is 2. The van der Waals surface area contributed by atoms with Crippen LogP contribution < -0.4 is 14.6 Å². The molecule has 0 fully saturated rings. The average molecular weight is 372 g/mol. The van der Waals surface area contributed by atoms with Crippen LogP contribution in [0, 0.1) is 6.92 Å². The molecule has 0 bridgehead atoms. The van der Waals surface area contributed by atoms with Gasteiger partial charge >= 0.3 is 0 Å². The first kappa shape index (κ1) is 15.8. The van der Waals surface area contributed by atoms with Gasteiger partial charge in [-0.15, -0.1) is 0 Å². The topological polar surface area (TPSA) is 78.6 Å². The second-order valence-corrected chi connectivity index (χ2v) is 6.81. The Morgan fingerprint density at radius 2 is 1.71 bits per heavy atom. The molecule has 0 aliphatic carbocycles. The molecule has 21 heavy (non-hydrogen) atoms. The van der Waals surface area contributed by atoms with Crippen LogP contribution in [0.3, 0.4) is 0 Å². The van der Waals surface area contributed by atoms with E-state index >= 15 is 0 Å². The van der Waals surface area contributed by atoms with Crippen molar-refractivity contribution in [2.75, 3.05) is 7.11 Å². The molecule has 0 amide bonds. The van der Waals surface area contributed by atoms with E-state index < -0.39 is 10.0 Å². The lowest BCUT2D eigenvalue weighted by molar-refractivity contribution is 0.378. The summed E-state index contributed by atoms with van der Waals surface area (Å²) in [4.78, 5) is 0.0117. The van der Waals surface area contributed by atoms with Crippen LogP contribution in [0.5, 0.6) is 17.2 Å². The second-order valence-electron chi connectivity index (χ2n) is 4.39. The van der Waals surface area contributed by atoms with Gasteiger partial charge in [-0.1, -0.05) is 6.07 Å². The summed E-state index contributed by atoms with van der Waals surface area (Å²) in [7, 11) is -2.19. The maximum atomic E-state index is 11.3. The molecule has 0 aromatic heterocycles. The van der Waals surface area contributed by atoms with Gasteiger partial charge in [-0.2, -0.15) is 0 Å². The van der Waals surface area contributed by atoms with E-state index in [2.05, 4.69) is 15.9 Å². The fourth-order valence-electron chi connectivity index (χ4n) is 1.72. The van der Waals surface area contributed by atoms with E-state index in [1.807, 2.05) is 19.1 Å². The fraction of sp³-hybridized carbons (Fsp3) is 0.143. The fourth-order valence-corrected chi connectivity index (χ4v) is 2.87. The summed E-state index contributed by atoms with van der Waals surface area (Å²) >= 11 is 3.27. The van der Waals surface area contributed by atoms with Crippen molar-refractivity contribution < 1.29 is 17.9 Å². The molecule has 0 aliphatic rings. The van der Waals surface area contributed by atoms with Crippen LogP contribution in [0.2, 0.25) is 0 Å². The van der Waals surface area contributed by atoms with Gasteiger partial charge in [0.1, 0.15) is 5.75 Å². The van der Waals surface area contributed by atoms with Crippen molar-refractivity contribution in [3.63, 3.8) is 0 Å². The molecular formula is C14H14BrNO4S. The normalized spacial score (nSPS) is 11.2. The molecule has 2 aromatic carbocycles. The van der Waals surface area contributed by atoms with Gasteiger partial charge in [0.05, 0.1) is 16.5 Å². The third-order valence-corrected chi connectivity index (χ3v) is 4.30. The summed E-state index contributed by atoms with van der Waals surface area (Å²) in [5.41, 5.74) is 1.04. The highest BCUT2D eigenvalue weighted by Crippen LogP contribution is 2.36. The van der Waals surface area contributed by atoms with Crippen LogP contribution in [0.15, 0.2) is 45.8 Å². The number of methoxy groups -OCH3 is 1. The average Bonchev–Trinajstić information content (AvgIpc) is 2.41. The SMILES string of the molecule is COc1cc(C)ccc1Oc1ccc(S(N)(=O)=O)cc1Br. The van der Waals surface area contributed by atoms with Gasteiger partial charge in [0, 0.05) is 0 Å². The van der Waals surface area contributed by atoms with Gasteiger partial charge in [0.25, 0.3) is 0 Å². The van der Waals surface area contributed by atoms with Crippen LogP contribution in [0.1, 0.15) is 5.56 Å². The molecule has 2 rings (SSSR count). The Morgan fingerprint density at radius 1 is 1.05 bits per heavy atom. The number of halogens is 1. The van der Waals surface area contributed by atoms with Gasteiger partial charge < -0.3 is 9.47 Å². The number of sulfonamides is 1. The smallest absolute Gasteiger partial charge is 0.238 e. The lowest BCUT2D eigenvalue weighted by Gasteiger charge is -2.12. The Labute approximate surface area is 131 Å². The zero-order valence-corrected chi connectivity index (χ0v) is 13.9. The maximum Gasteiger partial charge on any atom is 0.238 e. The molecule has 0 unspecified atom stereocenters. The van der Waals surface area contributed by atoms with Crippen LogP contribution in [-0.2, 0) is 10.0 Å². The zero-order valence-electron chi connectivity index (χ0n) is 11.5. The summed E-state index contributed by atoms with van der Waals surface area (Å²) in [5.74, 6) is 1.59. The van der Waals surface area contributed by atoms with E-state index in [-0.39, 0.29) is 4.90 Å². The summed E-state index contributed by atoms with van der Waals surface area (Å²) in [5, 5.41) is 5.08. The minimum atomic E-state index is -3.74. The summed E-state index contributed by atoms with van der Waals surface area (Å²) in [6, 6.07) is 9.84. The number of hydrogen-bond donors (Lipinski definition) is 1. The van der Waals surface area contributed by atoms with Crippen molar-refractivity contribution in [2.24, 2.45) is 5.14 Å². The van der Waals surface area contributed by atoms with Crippen LogP contribution in [-0.4, -0.2) is 15.5 Å². The predicted octanol–water partition coefficient (Wildman–Crippen LogP) is 3.21. The van der Waals surface area contributed by atoms with Crippen LogP contribution in [0.25, 0.3) is 0 Å². The third-order valence-electron chi connectivity index (χ3n) is 2.77. The molecule has 0 atom stereocenters. The highest BCUT2D eigenvalue weighted by Gasteiger charge is 2.13. The van der Waals surface area contributed by atoms with E-state index in [1.165, 1.54) is 18.2 Å². The van der Waals surface area contributed by atoms with Crippen molar-refractivity contribution in [3.05, 3.63) is 46.4 Å². The molecule has 0 heterocycles. The Bertz CT molecular complexity index is 775. The van der Waals surface area contributed by atoms with Crippen molar-refractivity contribution in [2.45, 2.75) is 11.8 Å². The third kappa shape index (κ3) is 3.75. The molecule has 0 radical (unpaired) electrons. The van der Waals surface area contributed by atoms with E-state index in [0.717, 1.165) is 5.56 Å². The molecule has 0 saturated carbocycles. The standard InChI is InChI=1S/C14H14BrNO4S/c1-9-3-5-13(14(7-9)19-2)20-12-6-4-10(8-11(12)15)21(16,17)18/h3-8H,1-2H3,(H2,16,17,18). The number of hydrogen-bond acceptors (Lipinski definition) is 4. The Morgan fingerprint density at radius 3 is 2.29 bits per heavy atom. The Hall–Kier alpha value is -1.57. The molecule has 2 N–H and O–H groups in total. The highest BCUT2D eigenvalue weighted by atomic mass is 79.9. The van der Waals surface area contributed by atoms with Gasteiger partial charge in [-0.3, -0.25) is 0 Å². The number of nitrogens with two attached hydrogens (primary N) is 1. The monoisotopic (exact) mass is 371 g/mol. The maximum absolute atomic E-state index is 11.3. The summed E-state index contributed by atoms with van der Waals surface area (Å²) < 4.78 is 34.1. The minimum absolute atomic E-state index is 0.0117. The second kappa shape index (κ2) is 6.05. The number of benzene rings is 2. The first-order valence-electron chi connectivity index (χ1n) is 5.96. The Kier molecular flexibility index (Phi) is 4.55. The van der Waals surface area contributed by atoms with Gasteiger partial charge in [0.15, 0.2) is 11.5 Å². The lowest BCUT2D eigenvalue weighted by Crippen LogP contribution is -2.11. The molecule has 0 spiro atoms. The van der Waals surface area contributed by atoms with Crippen LogP contribution in [0.4, 0.5) is 0 Å². The van der Waals surface area contributed by atoms with Crippen LogP contribution >= 0.6 is 15.9 Å². The molecule has 0 saturated heterocycles. The molecule has 0 aliphatic heterocycles. The van der Waals surface area contributed by atoms with E-state index in [9.17, 15) is 8.42 Å². The summed E-state index contributed by atoms with van der Waals surface area (Å²) in [6.07, 6.45) is 0. The van der Waals surface area contributed by atoms with E-state index in [0.29, 0.717) is 21.7 Å². The largest absolute Gasteiger partial charge is 0.493 e. The molecule has 112 valence electrons. The van der Waals surface area contributed by atoms with Crippen molar-refractivity contribution in [1.82, 2.24) is 0 Å². The van der Waals surface area contributed by atoms with E-state index in [1.54, 1.807) is 13.2 Å². The number of rotatable bonds is 4. The first-order valence-corrected chi connectivity index (χ1v) is 8.30. The molecule has 7 heteroatoms. The predicted molar refractivity (Wildman–Crippen MR) is 83.3 cm³/mol. The highest BCUT2D eigenvalue weighted by molar-refractivity contribution is 9.10. The minimum Gasteiger partial charge on any atom is -0.493 e.